The van der Waals surface area contributed by atoms with E-state index in [9.17, 15) is 4.79 Å². The highest BCUT2D eigenvalue weighted by molar-refractivity contribution is 5.93. The normalized spacial score (nSPS) is 14.1. The number of rotatable bonds is 4. The molecule has 2 aromatic heterocycles. The molecule has 0 unspecified atom stereocenters. The highest BCUT2D eigenvalue weighted by Crippen LogP contribution is 2.16. The molecule has 0 aromatic carbocycles. The monoisotopic (exact) mass is 297 g/mol. The van der Waals surface area contributed by atoms with E-state index in [0.717, 1.165) is 30.4 Å². The number of hydrogen-bond donors (Lipinski definition) is 1. The van der Waals surface area contributed by atoms with Crippen molar-refractivity contribution in [3.05, 3.63) is 47.5 Å². The van der Waals surface area contributed by atoms with Crippen molar-refractivity contribution < 1.29 is 4.79 Å². The maximum absolute atomic E-state index is 12.1. The van der Waals surface area contributed by atoms with E-state index < -0.39 is 0 Å². The standard InChI is InChI=1S/C16H19N5O/c1-12-10-14(20-16(19-12)21-8-2-3-9-21)11-18-15(22)13-4-6-17-7-5-13/h4-7,10H,2-3,8-9,11H2,1H3,(H,18,22). The lowest BCUT2D eigenvalue weighted by molar-refractivity contribution is 0.0950. The molecule has 3 rings (SSSR count). The fraction of sp³-hybridized carbons (Fsp3) is 0.375. The van der Waals surface area contributed by atoms with Gasteiger partial charge in [-0.3, -0.25) is 9.78 Å². The van der Waals surface area contributed by atoms with Crippen molar-refractivity contribution in [2.45, 2.75) is 26.3 Å². The van der Waals surface area contributed by atoms with Gasteiger partial charge < -0.3 is 10.2 Å². The predicted octanol–water partition coefficient (Wildman–Crippen LogP) is 1.71. The maximum atomic E-state index is 12.1. The minimum absolute atomic E-state index is 0.124. The van der Waals surface area contributed by atoms with Crippen LogP contribution in [0.5, 0.6) is 0 Å². The number of carbonyl (C=O) groups is 1. The van der Waals surface area contributed by atoms with Crippen molar-refractivity contribution in [1.82, 2.24) is 20.3 Å². The fourth-order valence-corrected chi connectivity index (χ4v) is 2.54. The minimum Gasteiger partial charge on any atom is -0.346 e. The molecule has 1 N–H and O–H groups in total. The van der Waals surface area contributed by atoms with Gasteiger partial charge in [-0.1, -0.05) is 0 Å². The molecule has 1 aliphatic heterocycles. The van der Waals surface area contributed by atoms with Crippen molar-refractivity contribution >= 4 is 11.9 Å². The first kappa shape index (κ1) is 14.4. The molecular formula is C16H19N5O. The quantitative estimate of drug-likeness (QED) is 0.930. The Hall–Kier alpha value is -2.50. The topological polar surface area (TPSA) is 71.0 Å². The van der Waals surface area contributed by atoms with E-state index in [1.807, 2.05) is 13.0 Å². The van der Waals surface area contributed by atoms with Crippen molar-refractivity contribution in [2.75, 3.05) is 18.0 Å². The van der Waals surface area contributed by atoms with Crippen LogP contribution in [-0.4, -0.2) is 33.9 Å². The van der Waals surface area contributed by atoms with E-state index in [-0.39, 0.29) is 5.91 Å². The van der Waals surface area contributed by atoms with Crippen LogP contribution < -0.4 is 10.2 Å². The SMILES string of the molecule is Cc1cc(CNC(=O)c2ccncc2)nc(N2CCCC2)n1. The number of pyridine rings is 1. The summed E-state index contributed by atoms with van der Waals surface area (Å²) < 4.78 is 0. The second-order valence-electron chi connectivity index (χ2n) is 5.41. The van der Waals surface area contributed by atoms with Crippen LogP contribution in [0.15, 0.2) is 30.6 Å². The summed E-state index contributed by atoms with van der Waals surface area (Å²) in [4.78, 5) is 27.2. The van der Waals surface area contributed by atoms with Gasteiger partial charge in [0, 0.05) is 36.7 Å². The van der Waals surface area contributed by atoms with Gasteiger partial charge in [-0.2, -0.15) is 0 Å². The summed E-state index contributed by atoms with van der Waals surface area (Å²) in [5.74, 6) is 0.645. The highest BCUT2D eigenvalue weighted by atomic mass is 16.1. The number of aryl methyl sites for hydroxylation is 1. The molecule has 114 valence electrons. The summed E-state index contributed by atoms with van der Waals surface area (Å²) in [6.07, 6.45) is 5.58. The smallest absolute Gasteiger partial charge is 0.251 e. The Labute approximate surface area is 129 Å². The lowest BCUT2D eigenvalue weighted by atomic mass is 10.2. The fourth-order valence-electron chi connectivity index (χ4n) is 2.54. The summed E-state index contributed by atoms with van der Waals surface area (Å²) in [7, 11) is 0. The highest BCUT2D eigenvalue weighted by Gasteiger charge is 2.16. The first-order valence-corrected chi connectivity index (χ1v) is 7.50. The molecule has 2 aromatic rings. The van der Waals surface area contributed by atoms with Crippen LogP contribution in [0.2, 0.25) is 0 Å². The van der Waals surface area contributed by atoms with Gasteiger partial charge in [0.2, 0.25) is 5.95 Å². The molecule has 6 nitrogen and oxygen atoms in total. The number of nitrogens with zero attached hydrogens (tertiary/aromatic N) is 4. The zero-order valence-corrected chi connectivity index (χ0v) is 12.6. The number of nitrogens with one attached hydrogen (secondary N) is 1. The van der Waals surface area contributed by atoms with Crippen LogP contribution in [0.1, 0.15) is 34.6 Å². The van der Waals surface area contributed by atoms with Gasteiger partial charge in [0.05, 0.1) is 12.2 Å². The van der Waals surface area contributed by atoms with Crippen LogP contribution in [0.4, 0.5) is 5.95 Å². The van der Waals surface area contributed by atoms with Crippen LogP contribution in [0, 0.1) is 6.92 Å². The molecule has 0 bridgehead atoms. The van der Waals surface area contributed by atoms with E-state index in [2.05, 4.69) is 25.2 Å². The van der Waals surface area contributed by atoms with E-state index in [0.29, 0.717) is 12.1 Å². The van der Waals surface area contributed by atoms with Gasteiger partial charge in [0.1, 0.15) is 0 Å². The average molecular weight is 297 g/mol. The van der Waals surface area contributed by atoms with Gasteiger partial charge in [0.15, 0.2) is 0 Å². The molecule has 22 heavy (non-hydrogen) atoms. The number of anilines is 1. The number of hydrogen-bond acceptors (Lipinski definition) is 5. The summed E-state index contributed by atoms with van der Waals surface area (Å²) >= 11 is 0. The molecule has 6 heteroatoms. The van der Waals surface area contributed by atoms with Crippen LogP contribution in [-0.2, 0) is 6.54 Å². The Bertz CT molecular complexity index is 653. The van der Waals surface area contributed by atoms with Crippen LogP contribution in [0.3, 0.4) is 0 Å². The summed E-state index contributed by atoms with van der Waals surface area (Å²) in [6.45, 7) is 4.36. The van der Waals surface area contributed by atoms with E-state index in [1.165, 1.54) is 12.8 Å². The Balaban J connectivity index is 1.68. The van der Waals surface area contributed by atoms with Crippen molar-refractivity contribution in [3.8, 4) is 0 Å². The van der Waals surface area contributed by atoms with E-state index >= 15 is 0 Å². The zero-order chi connectivity index (χ0) is 15.4. The third-order valence-electron chi connectivity index (χ3n) is 3.66. The molecule has 0 spiro atoms. The van der Waals surface area contributed by atoms with Crippen molar-refractivity contribution in [2.24, 2.45) is 0 Å². The van der Waals surface area contributed by atoms with Crippen molar-refractivity contribution in [3.63, 3.8) is 0 Å². The first-order chi connectivity index (χ1) is 10.7. The van der Waals surface area contributed by atoms with Gasteiger partial charge in [-0.05, 0) is 38.0 Å². The molecule has 3 heterocycles. The van der Waals surface area contributed by atoms with Gasteiger partial charge >= 0.3 is 0 Å². The first-order valence-electron chi connectivity index (χ1n) is 7.50. The molecule has 0 atom stereocenters. The van der Waals surface area contributed by atoms with Crippen molar-refractivity contribution in [1.29, 1.82) is 0 Å². The minimum atomic E-state index is -0.124. The zero-order valence-electron chi connectivity index (χ0n) is 12.6. The van der Waals surface area contributed by atoms with Crippen LogP contribution in [0.25, 0.3) is 0 Å². The number of carbonyl (C=O) groups excluding carboxylic acids is 1. The molecule has 0 saturated carbocycles. The molecule has 1 aliphatic rings. The molecule has 0 aliphatic carbocycles. The van der Waals surface area contributed by atoms with E-state index in [1.54, 1.807) is 24.5 Å². The summed E-state index contributed by atoms with van der Waals surface area (Å²) in [5.41, 5.74) is 2.35. The molecule has 1 saturated heterocycles. The van der Waals surface area contributed by atoms with Gasteiger partial charge in [-0.25, -0.2) is 9.97 Å². The Morgan fingerprint density at radius 3 is 2.68 bits per heavy atom. The maximum Gasteiger partial charge on any atom is 0.251 e. The van der Waals surface area contributed by atoms with Crippen LogP contribution >= 0.6 is 0 Å². The summed E-state index contributed by atoms with van der Waals surface area (Å²) in [5, 5.41) is 2.88. The molecular weight excluding hydrogens is 278 g/mol. The largest absolute Gasteiger partial charge is 0.346 e. The predicted molar refractivity (Wildman–Crippen MR) is 83.6 cm³/mol. The number of aromatic nitrogens is 3. The molecule has 0 radical (unpaired) electrons. The second-order valence-corrected chi connectivity index (χ2v) is 5.41. The van der Waals surface area contributed by atoms with Gasteiger partial charge in [-0.15, -0.1) is 0 Å². The second kappa shape index (κ2) is 6.51. The third kappa shape index (κ3) is 3.39. The molecule has 1 amide bonds. The Kier molecular flexibility index (Phi) is 4.27. The number of amides is 1. The van der Waals surface area contributed by atoms with Gasteiger partial charge in [0.25, 0.3) is 5.91 Å². The average Bonchev–Trinajstić information content (AvgIpc) is 3.07. The lowest BCUT2D eigenvalue weighted by Crippen LogP contribution is -2.25. The molecule has 1 fully saturated rings. The Morgan fingerprint density at radius 1 is 1.23 bits per heavy atom. The third-order valence-corrected chi connectivity index (χ3v) is 3.66. The lowest BCUT2D eigenvalue weighted by Gasteiger charge is -2.16. The Morgan fingerprint density at radius 2 is 1.95 bits per heavy atom. The van der Waals surface area contributed by atoms with E-state index in [4.69, 9.17) is 0 Å². The summed E-state index contributed by atoms with van der Waals surface area (Å²) in [6, 6.07) is 5.29.